The van der Waals surface area contributed by atoms with Gasteiger partial charge in [0.25, 0.3) is 0 Å². The van der Waals surface area contributed by atoms with E-state index >= 15 is 0 Å². The number of fused-ring (bicyclic) bond motifs is 7. The Balaban J connectivity index is 1.58. The molecule has 2 aromatic rings. The zero-order valence-corrected chi connectivity index (χ0v) is 18.2. The van der Waals surface area contributed by atoms with Crippen LogP contribution < -0.4 is 10.2 Å². The predicted octanol–water partition coefficient (Wildman–Crippen LogP) is 3.73. The SMILES string of the molecule is Cc1cc(Cl)cc2c1NC(=O)[C@@]21[C@@H]2C(=O)N(c3cccc(Cl)c3)C(=O)[C@@H]2[C@H]2CCCN21. The lowest BCUT2D eigenvalue weighted by atomic mass is 9.75. The van der Waals surface area contributed by atoms with E-state index < -0.39 is 17.4 Å². The Bertz CT molecular complexity index is 1200. The van der Waals surface area contributed by atoms with Crippen LogP contribution >= 0.6 is 23.2 Å². The first-order chi connectivity index (χ1) is 14.9. The number of carbonyl (C=O) groups excluding carboxylic acids is 3. The monoisotopic (exact) mass is 455 g/mol. The number of halogens is 2. The minimum atomic E-state index is -1.23. The number of imide groups is 1. The summed E-state index contributed by atoms with van der Waals surface area (Å²) in [6.07, 6.45) is 1.64. The fourth-order valence-electron chi connectivity index (χ4n) is 6.31. The smallest absolute Gasteiger partial charge is 0.250 e. The van der Waals surface area contributed by atoms with Crippen LogP contribution in [0.5, 0.6) is 0 Å². The predicted molar refractivity (Wildman–Crippen MR) is 117 cm³/mol. The van der Waals surface area contributed by atoms with E-state index in [1.54, 1.807) is 36.4 Å². The second kappa shape index (κ2) is 6.31. The van der Waals surface area contributed by atoms with Crippen molar-refractivity contribution in [2.24, 2.45) is 11.8 Å². The van der Waals surface area contributed by atoms with Gasteiger partial charge in [0.2, 0.25) is 17.7 Å². The average molecular weight is 456 g/mol. The number of nitrogens with zero attached hydrogens (tertiary/aromatic N) is 2. The summed E-state index contributed by atoms with van der Waals surface area (Å²) in [5.74, 6) is -2.24. The van der Waals surface area contributed by atoms with Crippen LogP contribution in [0.2, 0.25) is 10.0 Å². The van der Waals surface area contributed by atoms with Crippen LogP contribution in [-0.2, 0) is 19.9 Å². The molecule has 8 heteroatoms. The standard InChI is InChI=1S/C23H19Cl2N3O3/c1-11-8-13(25)10-15-19(11)26-22(31)23(15)18-17(16-6-3-7-27(16)23)20(29)28(21(18)30)14-5-2-4-12(24)9-14/h2,4-5,8-10,16-18H,3,6-7H2,1H3,(H,26,31)/t16-,17-,18+,23+/m1/s1. The molecule has 4 heterocycles. The number of nitrogens with one attached hydrogen (secondary N) is 1. The summed E-state index contributed by atoms with van der Waals surface area (Å²) >= 11 is 12.5. The molecule has 4 atom stereocenters. The van der Waals surface area contributed by atoms with Crippen LogP contribution in [0.15, 0.2) is 36.4 Å². The molecule has 4 aliphatic heterocycles. The quantitative estimate of drug-likeness (QED) is 0.665. The van der Waals surface area contributed by atoms with Crippen LogP contribution in [0, 0.1) is 18.8 Å². The first-order valence-electron chi connectivity index (χ1n) is 10.4. The van der Waals surface area contributed by atoms with Crippen LogP contribution in [0.25, 0.3) is 0 Å². The molecule has 0 unspecified atom stereocenters. The Labute approximate surface area is 189 Å². The maximum Gasteiger partial charge on any atom is 0.250 e. The van der Waals surface area contributed by atoms with Crippen LogP contribution in [0.4, 0.5) is 11.4 Å². The lowest BCUT2D eigenvalue weighted by Gasteiger charge is -2.36. The van der Waals surface area contributed by atoms with Crippen molar-refractivity contribution in [3.63, 3.8) is 0 Å². The molecule has 1 N–H and O–H groups in total. The molecule has 6 nitrogen and oxygen atoms in total. The molecule has 3 fully saturated rings. The number of benzene rings is 2. The number of amides is 3. The second-order valence-electron chi connectivity index (χ2n) is 8.76. The second-order valence-corrected chi connectivity index (χ2v) is 9.64. The lowest BCUT2D eigenvalue weighted by Crippen LogP contribution is -2.54. The summed E-state index contributed by atoms with van der Waals surface area (Å²) in [6, 6.07) is 10.1. The van der Waals surface area contributed by atoms with Gasteiger partial charge in [0.05, 0.1) is 17.5 Å². The first-order valence-corrected chi connectivity index (χ1v) is 11.1. The molecule has 0 aromatic heterocycles. The Hall–Kier alpha value is -2.41. The number of hydrogen-bond acceptors (Lipinski definition) is 4. The third-order valence-corrected chi connectivity index (χ3v) is 7.78. The molecule has 158 valence electrons. The number of anilines is 2. The molecule has 0 aliphatic carbocycles. The van der Waals surface area contributed by atoms with Crippen molar-refractivity contribution in [1.82, 2.24) is 4.90 Å². The van der Waals surface area contributed by atoms with Gasteiger partial charge in [-0.05, 0) is 62.2 Å². The zero-order chi connectivity index (χ0) is 21.7. The van der Waals surface area contributed by atoms with Gasteiger partial charge in [0, 0.05) is 27.3 Å². The van der Waals surface area contributed by atoms with Gasteiger partial charge in [-0.25, -0.2) is 4.90 Å². The summed E-state index contributed by atoms with van der Waals surface area (Å²) in [5, 5.41) is 3.96. The van der Waals surface area contributed by atoms with Crippen molar-refractivity contribution in [3.05, 3.63) is 57.6 Å². The summed E-state index contributed by atoms with van der Waals surface area (Å²) in [4.78, 5) is 44.4. The van der Waals surface area contributed by atoms with Gasteiger partial charge in [-0.1, -0.05) is 29.3 Å². The van der Waals surface area contributed by atoms with Crippen LogP contribution in [0.3, 0.4) is 0 Å². The highest BCUT2D eigenvalue weighted by molar-refractivity contribution is 6.32. The summed E-state index contributed by atoms with van der Waals surface area (Å²) in [6.45, 7) is 2.55. The van der Waals surface area contributed by atoms with Gasteiger partial charge in [0.1, 0.15) is 5.54 Å². The molecule has 2 aromatic carbocycles. The minimum absolute atomic E-state index is 0.165. The molecule has 4 aliphatic rings. The number of rotatable bonds is 1. The Morgan fingerprint density at radius 1 is 1.06 bits per heavy atom. The molecule has 3 saturated heterocycles. The van der Waals surface area contributed by atoms with Gasteiger partial charge in [0.15, 0.2) is 0 Å². The fraction of sp³-hybridized carbons (Fsp3) is 0.348. The molecule has 1 spiro atoms. The molecule has 0 radical (unpaired) electrons. The van der Waals surface area contributed by atoms with E-state index in [2.05, 4.69) is 10.2 Å². The van der Waals surface area contributed by atoms with Gasteiger partial charge in [-0.3, -0.25) is 19.3 Å². The highest BCUT2D eigenvalue weighted by Gasteiger charge is 2.74. The van der Waals surface area contributed by atoms with Crippen molar-refractivity contribution in [3.8, 4) is 0 Å². The Morgan fingerprint density at radius 3 is 2.65 bits per heavy atom. The molecule has 0 saturated carbocycles. The Kier molecular flexibility index (Phi) is 3.93. The highest BCUT2D eigenvalue weighted by atomic mass is 35.5. The zero-order valence-electron chi connectivity index (χ0n) is 16.7. The van der Waals surface area contributed by atoms with E-state index in [9.17, 15) is 14.4 Å². The molecular formula is C23H19Cl2N3O3. The van der Waals surface area contributed by atoms with Crippen LogP contribution in [-0.4, -0.2) is 35.2 Å². The van der Waals surface area contributed by atoms with Crippen molar-refractivity contribution in [2.75, 3.05) is 16.8 Å². The normalized spacial score (nSPS) is 31.4. The topological polar surface area (TPSA) is 69.7 Å². The van der Waals surface area contributed by atoms with Crippen molar-refractivity contribution in [1.29, 1.82) is 0 Å². The number of carbonyl (C=O) groups is 3. The van der Waals surface area contributed by atoms with E-state index in [1.807, 2.05) is 6.92 Å². The van der Waals surface area contributed by atoms with Crippen molar-refractivity contribution < 1.29 is 14.4 Å². The molecule has 6 rings (SSSR count). The van der Waals surface area contributed by atoms with Gasteiger partial charge >= 0.3 is 0 Å². The van der Waals surface area contributed by atoms with Crippen LogP contribution in [0.1, 0.15) is 24.0 Å². The first kappa shape index (κ1) is 19.3. The third kappa shape index (κ3) is 2.25. The third-order valence-electron chi connectivity index (χ3n) is 7.33. The number of aryl methyl sites for hydroxylation is 1. The minimum Gasteiger partial charge on any atom is -0.324 e. The van der Waals surface area contributed by atoms with E-state index in [4.69, 9.17) is 23.2 Å². The number of hydrogen-bond donors (Lipinski definition) is 1. The van der Waals surface area contributed by atoms with E-state index in [1.165, 1.54) is 4.90 Å². The maximum absolute atomic E-state index is 13.8. The highest BCUT2D eigenvalue weighted by Crippen LogP contribution is 2.61. The summed E-state index contributed by atoms with van der Waals surface area (Å²) in [7, 11) is 0. The lowest BCUT2D eigenvalue weighted by molar-refractivity contribution is -0.135. The Morgan fingerprint density at radius 2 is 1.87 bits per heavy atom. The van der Waals surface area contributed by atoms with E-state index in [0.29, 0.717) is 33.5 Å². The largest absolute Gasteiger partial charge is 0.324 e. The summed E-state index contributed by atoms with van der Waals surface area (Å²) in [5.41, 5.74) is 1.46. The maximum atomic E-state index is 13.8. The summed E-state index contributed by atoms with van der Waals surface area (Å²) < 4.78 is 0. The van der Waals surface area contributed by atoms with Gasteiger partial charge < -0.3 is 5.32 Å². The van der Waals surface area contributed by atoms with Gasteiger partial charge in [-0.15, -0.1) is 0 Å². The van der Waals surface area contributed by atoms with E-state index in [-0.39, 0.29) is 23.8 Å². The molecule has 31 heavy (non-hydrogen) atoms. The average Bonchev–Trinajstić information content (AvgIpc) is 3.41. The molecule has 3 amide bonds. The van der Waals surface area contributed by atoms with Gasteiger partial charge in [-0.2, -0.15) is 0 Å². The van der Waals surface area contributed by atoms with Crippen molar-refractivity contribution >= 4 is 52.3 Å². The molecule has 0 bridgehead atoms. The van der Waals surface area contributed by atoms with Crippen molar-refractivity contribution in [2.45, 2.75) is 31.3 Å². The molecular weight excluding hydrogens is 437 g/mol. The van der Waals surface area contributed by atoms with E-state index in [0.717, 1.165) is 18.4 Å². The fourth-order valence-corrected chi connectivity index (χ4v) is 6.76.